The van der Waals surface area contributed by atoms with Gasteiger partial charge in [-0.2, -0.15) is 0 Å². The van der Waals surface area contributed by atoms with Gasteiger partial charge in [0.25, 0.3) is 0 Å². The number of rotatable bonds is 14. The number of allylic oxidation sites excluding steroid dienone is 1. The van der Waals surface area contributed by atoms with Gasteiger partial charge in [0.1, 0.15) is 72.3 Å². The van der Waals surface area contributed by atoms with E-state index in [0.717, 1.165) is 12.1 Å². The lowest BCUT2D eigenvalue weighted by Gasteiger charge is -2.46. The Balaban J connectivity index is 1.27. The fourth-order valence-corrected chi connectivity index (χ4v) is 7.37. The van der Waals surface area contributed by atoms with Crippen LogP contribution >= 0.6 is 0 Å². The summed E-state index contributed by atoms with van der Waals surface area (Å²) in [6.45, 7) is -1.05. The van der Waals surface area contributed by atoms with Gasteiger partial charge in [-0.25, -0.2) is 19.2 Å². The van der Waals surface area contributed by atoms with Crippen molar-refractivity contribution in [3.63, 3.8) is 0 Å². The van der Waals surface area contributed by atoms with Crippen molar-refractivity contribution in [1.82, 2.24) is 5.32 Å². The van der Waals surface area contributed by atoms with E-state index < -0.39 is 127 Å². The van der Waals surface area contributed by atoms with E-state index in [-0.39, 0.29) is 46.9 Å². The molecule has 23 heteroatoms. The van der Waals surface area contributed by atoms with Crippen LogP contribution in [0, 0.1) is 0 Å². The summed E-state index contributed by atoms with van der Waals surface area (Å²) in [5.74, 6) is -8.34. The van der Waals surface area contributed by atoms with Crippen LogP contribution in [0.3, 0.4) is 0 Å². The fraction of sp³-hybridized carbons (Fsp3) is 0.410. The lowest BCUT2D eigenvalue weighted by atomic mass is 9.97. The molecule has 334 valence electrons. The van der Waals surface area contributed by atoms with Crippen molar-refractivity contribution in [3.8, 4) is 17.2 Å². The minimum atomic E-state index is -2.20. The van der Waals surface area contributed by atoms with E-state index >= 15 is 0 Å². The number of ether oxygens (including phenoxy) is 5. The van der Waals surface area contributed by atoms with Crippen molar-refractivity contribution in [2.24, 2.45) is 0 Å². The zero-order valence-corrected chi connectivity index (χ0v) is 32.0. The number of hydrogen-bond acceptors (Lipinski definition) is 19. The Labute approximate surface area is 349 Å². The van der Waals surface area contributed by atoms with Crippen LogP contribution in [0.5, 0.6) is 17.2 Å². The third-order valence-electron chi connectivity index (χ3n) is 10.6. The number of esters is 1. The number of aliphatic hydroxyl groups is 5. The zero-order valence-electron chi connectivity index (χ0n) is 32.0. The Hall–Kier alpha value is -6.15. The monoisotopic (exact) mass is 874 g/mol. The molecule has 0 spiro atoms. The number of phenols is 2. The van der Waals surface area contributed by atoms with Crippen LogP contribution in [0.2, 0.25) is 0 Å². The van der Waals surface area contributed by atoms with Crippen LogP contribution in [0.15, 0.2) is 65.9 Å². The van der Waals surface area contributed by atoms with Crippen LogP contribution < -0.4 is 20.1 Å². The molecule has 12 N–H and O–H groups in total. The summed E-state index contributed by atoms with van der Waals surface area (Å²) in [6.07, 6.45) is -15.8. The summed E-state index contributed by atoms with van der Waals surface area (Å²) in [6, 6.07) is 5.35. The highest BCUT2D eigenvalue weighted by molar-refractivity contribution is 5.89. The highest BCUT2D eigenvalue weighted by Gasteiger charge is 2.54. The number of carboxylic acids is 4. The molecule has 6 rings (SSSR count). The van der Waals surface area contributed by atoms with E-state index in [1.807, 2.05) is 0 Å². The van der Waals surface area contributed by atoms with Crippen LogP contribution in [0.25, 0.3) is 6.08 Å². The molecule has 0 aliphatic carbocycles. The van der Waals surface area contributed by atoms with Gasteiger partial charge >= 0.3 is 23.9 Å². The molecule has 2 aromatic carbocycles. The third kappa shape index (κ3) is 9.81. The lowest BCUT2D eigenvalue weighted by Crippen LogP contribution is -3.11. The number of aliphatic hydroxyl groups excluding tert-OH is 5. The first-order chi connectivity index (χ1) is 29.4. The van der Waals surface area contributed by atoms with E-state index in [0.29, 0.717) is 5.56 Å². The van der Waals surface area contributed by atoms with Gasteiger partial charge in [-0.3, -0.25) is 4.90 Å². The molecule has 4 heterocycles. The molecule has 2 saturated heterocycles. The number of aromatic hydroxyl groups is 2. The molecule has 0 amide bonds. The van der Waals surface area contributed by atoms with Gasteiger partial charge < -0.3 is 90.0 Å². The van der Waals surface area contributed by atoms with Crippen LogP contribution in [0.1, 0.15) is 17.5 Å². The third-order valence-corrected chi connectivity index (χ3v) is 10.6. The first kappa shape index (κ1) is 45.4. The summed E-state index contributed by atoms with van der Waals surface area (Å²) in [5, 5.41) is 118. The smallest absolute Gasteiger partial charge is 0.351 e. The number of benzene rings is 2. The average molecular weight is 875 g/mol. The number of carbonyl (C=O) groups is 5. The quantitative estimate of drug-likeness (QED) is 0.0624. The van der Waals surface area contributed by atoms with Gasteiger partial charge in [-0.1, -0.05) is 12.1 Å². The van der Waals surface area contributed by atoms with Gasteiger partial charge in [-0.05, 0) is 47.6 Å². The van der Waals surface area contributed by atoms with E-state index in [4.69, 9.17) is 23.7 Å². The standard InChI is InChI=1S/C39H42N2O21/c42-14-25-27(46)28(47)33(62-39-32(30(49)29(48)31(61-39)37(56)57)60-26(45)6-3-15-1-4-18(43)5-2-15)38(59-25)58-24-12-17-11-22(36(54)55)41(21(17)13-23(24)44)8-7-16-9-19(34(50)51)40-20(10-16)35(52)53/h1-7,9,12-13,20,22,25,27-33,38-40,42-44,46-49H,8,10-11,14H2,(H,50,51)(H,52,53)(H,54,55)(H,56,57). The fourth-order valence-electron chi connectivity index (χ4n) is 7.37. The highest BCUT2D eigenvalue weighted by atomic mass is 16.8. The number of fused-ring (bicyclic) bond motifs is 1. The normalized spacial score (nSPS) is 32.6. The van der Waals surface area contributed by atoms with Crippen LogP contribution in [0.4, 0.5) is 5.69 Å². The number of quaternary nitrogens is 1. The topological polar surface area (TPSA) is 373 Å². The van der Waals surface area contributed by atoms with Gasteiger partial charge in [0.15, 0.2) is 36.1 Å². The molecule has 4 aliphatic heterocycles. The minimum Gasteiger partial charge on any atom is -0.544 e. The molecule has 13 atom stereocenters. The van der Waals surface area contributed by atoms with Crippen molar-refractivity contribution in [2.75, 3.05) is 13.2 Å². The van der Waals surface area contributed by atoms with Crippen molar-refractivity contribution >= 4 is 41.6 Å². The number of hydrogen-bond donors (Lipinski definition) is 12. The van der Waals surface area contributed by atoms with Crippen molar-refractivity contribution in [2.45, 2.75) is 86.3 Å². The van der Waals surface area contributed by atoms with Crippen LogP contribution in [-0.4, -0.2) is 168 Å². The Morgan fingerprint density at radius 1 is 0.871 bits per heavy atom. The molecule has 2 aromatic rings. The predicted octanol–water partition coefficient (Wildman–Crippen LogP) is -5.01. The highest BCUT2D eigenvalue weighted by Crippen LogP contribution is 2.38. The van der Waals surface area contributed by atoms with Crippen molar-refractivity contribution in [3.05, 3.63) is 77.0 Å². The second-order valence-corrected chi connectivity index (χ2v) is 14.7. The molecule has 2 fully saturated rings. The second kappa shape index (κ2) is 18.9. The first-order valence-corrected chi connectivity index (χ1v) is 18.8. The maximum Gasteiger partial charge on any atom is 0.351 e. The van der Waals surface area contributed by atoms with Gasteiger partial charge in [0, 0.05) is 30.5 Å². The Morgan fingerprint density at radius 3 is 2.19 bits per heavy atom. The Kier molecular flexibility index (Phi) is 13.8. The SMILES string of the molecule is O=C(C=Cc1ccc(O)cc1)OC1C(OC2C(Oc3cc4c(cc3O)[NH+](CC=C3C=C(C(=O)O)NC(C(=O)O)C3)C(C(=O)[O-])C4)OC(CO)C(O)C2O)OC(C(=O)O)C(O)C1O. The predicted molar refractivity (Wildman–Crippen MR) is 198 cm³/mol. The van der Waals surface area contributed by atoms with Gasteiger partial charge in [0.2, 0.25) is 6.29 Å². The molecule has 0 bridgehead atoms. The summed E-state index contributed by atoms with van der Waals surface area (Å²) in [4.78, 5) is 60.7. The molecular formula is C39H42N2O21. The van der Waals surface area contributed by atoms with E-state index in [9.17, 15) is 80.1 Å². The van der Waals surface area contributed by atoms with E-state index in [1.54, 1.807) is 0 Å². The summed E-state index contributed by atoms with van der Waals surface area (Å²) >= 11 is 0. The average Bonchev–Trinajstić information content (AvgIpc) is 3.58. The minimum absolute atomic E-state index is 0.0568. The maximum absolute atomic E-state index is 12.9. The molecule has 4 aliphatic rings. The molecule has 13 unspecified atom stereocenters. The number of carbonyl (C=O) groups excluding carboxylic acids is 2. The van der Waals surface area contributed by atoms with Gasteiger partial charge in [0.05, 0.1) is 6.61 Å². The Bertz CT molecular complexity index is 2140. The molecule has 0 aromatic heterocycles. The van der Waals surface area contributed by atoms with Crippen molar-refractivity contribution < 1.29 is 109 Å². The number of nitrogens with one attached hydrogen (secondary N) is 2. The molecule has 62 heavy (non-hydrogen) atoms. The lowest BCUT2D eigenvalue weighted by molar-refractivity contribution is -0.840. The summed E-state index contributed by atoms with van der Waals surface area (Å²) < 4.78 is 28.1. The molecule has 23 nitrogen and oxygen atoms in total. The molecular weight excluding hydrogens is 832 g/mol. The largest absolute Gasteiger partial charge is 0.544 e. The molecule has 0 saturated carbocycles. The molecule has 0 radical (unpaired) electrons. The first-order valence-electron chi connectivity index (χ1n) is 18.8. The second-order valence-electron chi connectivity index (χ2n) is 14.7. The number of phenolic OH excluding ortho intramolecular Hbond substituents is 2. The zero-order chi connectivity index (χ0) is 45.2. The summed E-state index contributed by atoms with van der Waals surface area (Å²) in [7, 11) is 0. The van der Waals surface area contributed by atoms with E-state index in [1.165, 1.54) is 48.6 Å². The number of aliphatic carboxylic acids is 4. The van der Waals surface area contributed by atoms with Crippen molar-refractivity contribution in [1.29, 1.82) is 0 Å². The van der Waals surface area contributed by atoms with E-state index in [2.05, 4.69) is 5.32 Å². The van der Waals surface area contributed by atoms with Gasteiger partial charge in [-0.15, -0.1) is 0 Å². The Morgan fingerprint density at radius 2 is 1.56 bits per heavy atom. The maximum atomic E-state index is 12.9. The van der Waals surface area contributed by atoms with Crippen LogP contribution in [-0.2, 0) is 49.3 Å². The number of carboxylic acid groups (broad SMARTS) is 4. The summed E-state index contributed by atoms with van der Waals surface area (Å²) in [5.41, 5.74) is 0.799.